The second-order valence-corrected chi connectivity index (χ2v) is 7.28. The average Bonchev–Trinajstić information content (AvgIpc) is 3.36. The largest absolute Gasteiger partial charge is 0.488 e. The molecule has 2 saturated heterocycles. The van der Waals surface area contributed by atoms with Crippen molar-refractivity contribution in [1.82, 2.24) is 19.4 Å². The quantitative estimate of drug-likeness (QED) is 0.852. The minimum Gasteiger partial charge on any atom is -0.488 e. The maximum Gasteiger partial charge on any atom is 0.321 e. The molecule has 2 aliphatic heterocycles. The molecule has 2 aromatic rings. The number of aryl methyl sites for hydroxylation is 1. The van der Waals surface area contributed by atoms with Crippen LogP contribution in [0.4, 0.5) is 10.5 Å². The molecule has 0 bridgehead atoms. The number of aromatic nitrogens is 2. The minimum absolute atomic E-state index is 0.0606. The molecule has 0 radical (unpaired) electrons. The Morgan fingerprint density at radius 1 is 1.25 bits per heavy atom. The molecule has 150 valence electrons. The first-order valence-corrected chi connectivity index (χ1v) is 9.76. The van der Waals surface area contributed by atoms with E-state index in [2.05, 4.69) is 15.2 Å². The number of imidazole rings is 1. The zero-order valence-electron chi connectivity index (χ0n) is 16.2. The molecule has 8 nitrogen and oxygen atoms in total. The van der Waals surface area contributed by atoms with Gasteiger partial charge in [-0.1, -0.05) is 0 Å². The third kappa shape index (κ3) is 4.63. The summed E-state index contributed by atoms with van der Waals surface area (Å²) >= 11 is 0. The highest BCUT2D eigenvalue weighted by Gasteiger charge is 2.22. The van der Waals surface area contributed by atoms with Gasteiger partial charge in [-0.15, -0.1) is 0 Å². The average molecular weight is 385 g/mol. The van der Waals surface area contributed by atoms with E-state index in [-0.39, 0.29) is 12.1 Å². The topological polar surface area (TPSA) is 71.9 Å². The van der Waals surface area contributed by atoms with Gasteiger partial charge in [0.2, 0.25) is 0 Å². The summed E-state index contributed by atoms with van der Waals surface area (Å²) in [5, 5.41) is 2.97. The monoisotopic (exact) mass is 385 g/mol. The summed E-state index contributed by atoms with van der Waals surface area (Å²) in [5.74, 6) is 1.85. The number of benzene rings is 1. The van der Waals surface area contributed by atoms with Crippen LogP contribution in [0.15, 0.2) is 36.7 Å². The minimum atomic E-state index is -0.0606. The summed E-state index contributed by atoms with van der Waals surface area (Å²) in [6.45, 7) is 5.32. The van der Waals surface area contributed by atoms with Crippen molar-refractivity contribution in [2.45, 2.75) is 19.1 Å². The van der Waals surface area contributed by atoms with Crippen LogP contribution in [0.2, 0.25) is 0 Å². The molecule has 1 aromatic heterocycles. The second kappa shape index (κ2) is 8.62. The number of carbonyl (C=O) groups excluding carboxylic acids is 1. The Morgan fingerprint density at radius 3 is 2.68 bits per heavy atom. The summed E-state index contributed by atoms with van der Waals surface area (Å²) in [4.78, 5) is 21.1. The predicted molar refractivity (Wildman–Crippen MR) is 105 cm³/mol. The Labute approximate surface area is 165 Å². The maximum atomic E-state index is 12.5. The fourth-order valence-corrected chi connectivity index (χ4v) is 3.48. The number of nitrogens with one attached hydrogen (secondary N) is 1. The number of amides is 2. The molecule has 0 spiro atoms. The van der Waals surface area contributed by atoms with Gasteiger partial charge in [-0.25, -0.2) is 9.78 Å². The molecule has 1 aromatic carbocycles. The van der Waals surface area contributed by atoms with Crippen LogP contribution in [0.5, 0.6) is 5.75 Å². The molecule has 2 aliphatic rings. The maximum absolute atomic E-state index is 12.5. The number of ether oxygens (including phenoxy) is 2. The Balaban J connectivity index is 1.23. The van der Waals surface area contributed by atoms with E-state index in [1.165, 1.54) is 0 Å². The van der Waals surface area contributed by atoms with Crippen LogP contribution in [-0.2, 0) is 18.3 Å². The summed E-state index contributed by atoms with van der Waals surface area (Å²) in [6.07, 6.45) is 4.82. The van der Waals surface area contributed by atoms with Crippen LogP contribution < -0.4 is 10.1 Å². The number of nitrogens with zero attached hydrogens (tertiary/aromatic N) is 4. The SMILES string of the molecule is Cn1ccnc1CN1CCN(C(=O)Nc2ccc(OC3CCOC3)cc2)CC1. The molecule has 0 aliphatic carbocycles. The van der Waals surface area contributed by atoms with Gasteiger partial charge in [-0.2, -0.15) is 0 Å². The van der Waals surface area contributed by atoms with Crippen molar-refractivity contribution < 1.29 is 14.3 Å². The summed E-state index contributed by atoms with van der Waals surface area (Å²) in [6, 6.07) is 7.47. The van der Waals surface area contributed by atoms with Gasteiger partial charge in [0.05, 0.1) is 19.8 Å². The number of hydrogen-bond donors (Lipinski definition) is 1. The highest BCUT2D eigenvalue weighted by Crippen LogP contribution is 2.20. The van der Waals surface area contributed by atoms with Crippen molar-refractivity contribution in [3.63, 3.8) is 0 Å². The van der Waals surface area contributed by atoms with Crippen LogP contribution in [0, 0.1) is 0 Å². The molecule has 1 unspecified atom stereocenters. The summed E-state index contributed by atoms with van der Waals surface area (Å²) in [5.41, 5.74) is 0.774. The summed E-state index contributed by atoms with van der Waals surface area (Å²) < 4.78 is 13.2. The van der Waals surface area contributed by atoms with E-state index >= 15 is 0 Å². The van der Waals surface area contributed by atoms with E-state index in [0.717, 1.165) is 49.9 Å². The molecule has 0 saturated carbocycles. The van der Waals surface area contributed by atoms with Gasteiger partial charge in [-0.3, -0.25) is 4.90 Å². The van der Waals surface area contributed by atoms with Gasteiger partial charge in [0.1, 0.15) is 17.7 Å². The van der Waals surface area contributed by atoms with E-state index in [1.807, 2.05) is 53.2 Å². The zero-order valence-corrected chi connectivity index (χ0v) is 16.2. The van der Waals surface area contributed by atoms with Crippen molar-refractivity contribution in [2.75, 3.05) is 44.7 Å². The Bertz CT molecular complexity index is 777. The highest BCUT2D eigenvalue weighted by atomic mass is 16.5. The molecular weight excluding hydrogens is 358 g/mol. The van der Waals surface area contributed by atoms with Crippen LogP contribution in [0.3, 0.4) is 0 Å². The van der Waals surface area contributed by atoms with Crippen molar-refractivity contribution in [1.29, 1.82) is 0 Å². The summed E-state index contributed by atoms with van der Waals surface area (Å²) in [7, 11) is 2.00. The third-order valence-corrected chi connectivity index (χ3v) is 5.24. The molecule has 1 atom stereocenters. The van der Waals surface area contributed by atoms with Crippen LogP contribution >= 0.6 is 0 Å². The molecule has 1 N–H and O–H groups in total. The first-order valence-electron chi connectivity index (χ1n) is 9.76. The lowest BCUT2D eigenvalue weighted by atomic mass is 10.2. The van der Waals surface area contributed by atoms with Crippen molar-refractivity contribution in [2.24, 2.45) is 7.05 Å². The Morgan fingerprint density at radius 2 is 2.04 bits per heavy atom. The van der Waals surface area contributed by atoms with E-state index in [4.69, 9.17) is 9.47 Å². The van der Waals surface area contributed by atoms with E-state index < -0.39 is 0 Å². The lowest BCUT2D eigenvalue weighted by molar-refractivity contribution is 0.140. The lowest BCUT2D eigenvalue weighted by Crippen LogP contribution is -2.49. The fourth-order valence-electron chi connectivity index (χ4n) is 3.48. The van der Waals surface area contributed by atoms with Crippen molar-refractivity contribution >= 4 is 11.7 Å². The number of anilines is 1. The van der Waals surface area contributed by atoms with Crippen molar-refractivity contribution in [3.8, 4) is 5.75 Å². The van der Waals surface area contributed by atoms with Crippen LogP contribution in [0.25, 0.3) is 0 Å². The van der Waals surface area contributed by atoms with Gasteiger partial charge < -0.3 is 24.3 Å². The zero-order chi connectivity index (χ0) is 19.3. The van der Waals surface area contributed by atoms with Gasteiger partial charge in [0, 0.05) is 57.7 Å². The molecular formula is C20H27N5O3. The second-order valence-electron chi connectivity index (χ2n) is 7.28. The van der Waals surface area contributed by atoms with E-state index in [9.17, 15) is 4.79 Å². The molecule has 2 fully saturated rings. The molecule has 8 heteroatoms. The van der Waals surface area contributed by atoms with Crippen molar-refractivity contribution in [3.05, 3.63) is 42.5 Å². The molecule has 3 heterocycles. The molecule has 28 heavy (non-hydrogen) atoms. The smallest absolute Gasteiger partial charge is 0.321 e. The van der Waals surface area contributed by atoms with Gasteiger partial charge in [0.25, 0.3) is 0 Å². The number of rotatable bonds is 5. The Kier molecular flexibility index (Phi) is 5.78. The van der Waals surface area contributed by atoms with E-state index in [1.54, 1.807) is 0 Å². The standard InChI is InChI=1S/C20H27N5O3/c1-23-8-7-21-19(23)14-24-9-11-25(12-10-24)20(26)22-16-2-4-17(5-3-16)28-18-6-13-27-15-18/h2-5,7-8,18H,6,9-15H2,1H3,(H,22,26). The molecule has 4 rings (SSSR count). The van der Waals surface area contributed by atoms with Gasteiger partial charge in [0.15, 0.2) is 0 Å². The fraction of sp³-hybridized carbons (Fsp3) is 0.500. The number of hydrogen-bond acceptors (Lipinski definition) is 5. The number of urea groups is 1. The van der Waals surface area contributed by atoms with Crippen LogP contribution in [0.1, 0.15) is 12.2 Å². The third-order valence-electron chi connectivity index (χ3n) is 5.24. The number of piperazine rings is 1. The van der Waals surface area contributed by atoms with Crippen LogP contribution in [-0.4, -0.2) is 70.9 Å². The Hall–Kier alpha value is -2.58. The van der Waals surface area contributed by atoms with Gasteiger partial charge >= 0.3 is 6.03 Å². The lowest BCUT2D eigenvalue weighted by Gasteiger charge is -2.34. The first kappa shape index (κ1) is 18.8. The molecule has 2 amide bonds. The number of carbonyl (C=O) groups is 1. The van der Waals surface area contributed by atoms with E-state index in [0.29, 0.717) is 19.7 Å². The highest BCUT2D eigenvalue weighted by molar-refractivity contribution is 5.89. The first-order chi connectivity index (χ1) is 13.7. The normalized spacial score (nSPS) is 20.3. The van der Waals surface area contributed by atoms with Gasteiger partial charge in [-0.05, 0) is 24.3 Å². The predicted octanol–water partition coefficient (Wildman–Crippen LogP) is 1.94.